The third kappa shape index (κ3) is 4.29. The SMILES string of the molecule is C1=CC2=CC(c3c4ccccc4c(-c4ccc(-c5nc6ccccc6n5C5=CCCC=C5)cc4)c4ccccc34)=CCC2C=C1. The van der Waals surface area contributed by atoms with Crippen LogP contribution in [-0.2, 0) is 0 Å². The highest BCUT2D eigenvalue weighted by atomic mass is 15.1. The van der Waals surface area contributed by atoms with Gasteiger partial charge in [-0.1, -0.05) is 134 Å². The number of benzene rings is 5. The lowest BCUT2D eigenvalue weighted by Crippen LogP contribution is -2.06. The number of para-hydroxylation sites is 2. The molecule has 3 aliphatic carbocycles. The quantitative estimate of drug-likeness (QED) is 0.191. The second kappa shape index (κ2) is 10.6. The van der Waals surface area contributed by atoms with E-state index < -0.39 is 0 Å². The van der Waals surface area contributed by atoms with Crippen molar-refractivity contribution in [2.75, 3.05) is 0 Å². The van der Waals surface area contributed by atoms with Crippen LogP contribution in [0, 0.1) is 5.92 Å². The average molecular weight is 577 g/mol. The Morgan fingerprint density at radius 1 is 0.622 bits per heavy atom. The van der Waals surface area contributed by atoms with Gasteiger partial charge in [0.15, 0.2) is 0 Å². The number of allylic oxidation sites excluding steroid dienone is 12. The smallest absolute Gasteiger partial charge is 0.145 e. The summed E-state index contributed by atoms with van der Waals surface area (Å²) in [6, 6.07) is 35.4. The molecule has 0 bridgehead atoms. The minimum atomic E-state index is 0.479. The summed E-state index contributed by atoms with van der Waals surface area (Å²) in [4.78, 5) is 5.12. The van der Waals surface area contributed by atoms with Crippen molar-refractivity contribution in [3.8, 4) is 22.5 Å². The molecule has 0 aliphatic heterocycles. The number of hydrogen-bond donors (Lipinski definition) is 0. The van der Waals surface area contributed by atoms with Gasteiger partial charge in [-0.2, -0.15) is 0 Å². The third-order valence-corrected chi connectivity index (χ3v) is 9.53. The maximum absolute atomic E-state index is 5.12. The average Bonchev–Trinajstić information content (AvgIpc) is 3.50. The van der Waals surface area contributed by atoms with Crippen LogP contribution in [0.4, 0.5) is 0 Å². The lowest BCUT2D eigenvalue weighted by Gasteiger charge is -2.24. The topological polar surface area (TPSA) is 17.8 Å². The van der Waals surface area contributed by atoms with Crippen molar-refractivity contribution < 1.29 is 0 Å². The largest absolute Gasteiger partial charge is 0.293 e. The lowest BCUT2D eigenvalue weighted by atomic mass is 9.80. The molecule has 5 aromatic carbocycles. The maximum atomic E-state index is 5.12. The van der Waals surface area contributed by atoms with Crippen LogP contribution >= 0.6 is 0 Å². The molecule has 9 rings (SSSR count). The van der Waals surface area contributed by atoms with Gasteiger partial charge in [0.05, 0.1) is 11.0 Å². The van der Waals surface area contributed by atoms with Gasteiger partial charge in [-0.05, 0) is 86.9 Å². The van der Waals surface area contributed by atoms with Gasteiger partial charge < -0.3 is 0 Å². The lowest BCUT2D eigenvalue weighted by molar-refractivity contribution is 0.783. The Kier molecular flexibility index (Phi) is 6.12. The van der Waals surface area contributed by atoms with Gasteiger partial charge in [-0.25, -0.2) is 4.98 Å². The Balaban J connectivity index is 1.21. The van der Waals surface area contributed by atoms with Crippen molar-refractivity contribution in [2.24, 2.45) is 5.92 Å². The van der Waals surface area contributed by atoms with E-state index in [1.165, 1.54) is 55.1 Å². The molecule has 45 heavy (non-hydrogen) atoms. The molecule has 0 saturated carbocycles. The molecular formula is C43H32N2. The van der Waals surface area contributed by atoms with Crippen LogP contribution < -0.4 is 0 Å². The molecule has 1 aromatic heterocycles. The standard InChI is InChI=1S/C43H32N2/c1-2-14-34(15-3-1)45-40-21-11-10-20-39(40)44-43(45)31-25-23-30(24-26-31)41-35-16-6-8-18-37(35)42(38-19-9-7-17-36(38)41)33-27-22-29-12-4-5-13-32(29)28-33/h2,4-21,23-29H,1,3,22H2. The third-order valence-electron chi connectivity index (χ3n) is 9.53. The molecule has 0 amide bonds. The van der Waals surface area contributed by atoms with E-state index in [1.54, 1.807) is 0 Å². The summed E-state index contributed by atoms with van der Waals surface area (Å²) in [5.41, 5.74) is 11.0. The van der Waals surface area contributed by atoms with Gasteiger partial charge in [0.1, 0.15) is 5.82 Å². The van der Waals surface area contributed by atoms with Crippen LogP contribution in [0.15, 0.2) is 157 Å². The van der Waals surface area contributed by atoms with Crippen molar-refractivity contribution in [3.63, 3.8) is 0 Å². The second-order valence-corrected chi connectivity index (χ2v) is 12.2. The van der Waals surface area contributed by atoms with E-state index in [-0.39, 0.29) is 0 Å². The molecule has 3 aliphatic rings. The van der Waals surface area contributed by atoms with Gasteiger partial charge in [0, 0.05) is 17.2 Å². The zero-order valence-electron chi connectivity index (χ0n) is 25.0. The normalized spacial score (nSPS) is 17.4. The molecule has 0 radical (unpaired) electrons. The summed E-state index contributed by atoms with van der Waals surface area (Å²) < 4.78 is 2.31. The Morgan fingerprint density at radius 3 is 2.04 bits per heavy atom. The predicted octanol–water partition coefficient (Wildman–Crippen LogP) is 11.3. The Morgan fingerprint density at radius 2 is 1.31 bits per heavy atom. The van der Waals surface area contributed by atoms with Gasteiger partial charge in [0.2, 0.25) is 0 Å². The van der Waals surface area contributed by atoms with Crippen LogP contribution in [0.2, 0.25) is 0 Å². The highest BCUT2D eigenvalue weighted by molar-refractivity contribution is 6.19. The number of fused-ring (bicyclic) bond motifs is 4. The molecule has 1 atom stereocenters. The van der Waals surface area contributed by atoms with E-state index in [0.717, 1.165) is 41.7 Å². The molecule has 214 valence electrons. The summed E-state index contributed by atoms with van der Waals surface area (Å²) in [5.74, 6) is 1.46. The first-order valence-electron chi connectivity index (χ1n) is 16.0. The van der Waals surface area contributed by atoms with Crippen LogP contribution in [0.5, 0.6) is 0 Å². The minimum absolute atomic E-state index is 0.479. The van der Waals surface area contributed by atoms with E-state index in [9.17, 15) is 0 Å². The van der Waals surface area contributed by atoms with Crippen molar-refractivity contribution >= 4 is 43.8 Å². The van der Waals surface area contributed by atoms with Crippen LogP contribution in [-0.4, -0.2) is 9.55 Å². The fraction of sp³-hybridized carbons (Fsp3) is 0.0930. The number of nitrogens with zero attached hydrogens (tertiary/aromatic N) is 2. The molecule has 2 nitrogen and oxygen atoms in total. The Bertz CT molecular complexity index is 2280. The van der Waals surface area contributed by atoms with Crippen molar-refractivity contribution in [3.05, 3.63) is 163 Å². The van der Waals surface area contributed by atoms with Crippen molar-refractivity contribution in [2.45, 2.75) is 19.3 Å². The maximum Gasteiger partial charge on any atom is 0.145 e. The first-order valence-corrected chi connectivity index (χ1v) is 16.0. The summed E-state index contributed by atoms with van der Waals surface area (Å²) in [6.45, 7) is 0. The van der Waals surface area contributed by atoms with Gasteiger partial charge in [-0.15, -0.1) is 0 Å². The molecule has 0 N–H and O–H groups in total. The fourth-order valence-corrected chi connectivity index (χ4v) is 7.42. The summed E-state index contributed by atoms with van der Waals surface area (Å²) in [5, 5.41) is 5.16. The molecule has 1 unspecified atom stereocenters. The molecule has 2 heteroatoms. The summed E-state index contributed by atoms with van der Waals surface area (Å²) in [6.07, 6.45) is 23.7. The van der Waals surface area contributed by atoms with E-state index in [4.69, 9.17) is 4.98 Å². The predicted molar refractivity (Wildman–Crippen MR) is 191 cm³/mol. The van der Waals surface area contributed by atoms with Crippen LogP contribution in [0.1, 0.15) is 24.8 Å². The van der Waals surface area contributed by atoms with E-state index in [0.29, 0.717) is 5.92 Å². The Labute approximate surface area is 263 Å². The zero-order chi connectivity index (χ0) is 29.7. The monoisotopic (exact) mass is 576 g/mol. The molecule has 1 heterocycles. The molecule has 0 fully saturated rings. The van der Waals surface area contributed by atoms with Crippen LogP contribution in [0.3, 0.4) is 0 Å². The van der Waals surface area contributed by atoms with E-state index in [2.05, 4.69) is 156 Å². The molecule has 0 saturated heterocycles. The minimum Gasteiger partial charge on any atom is -0.293 e. The molecular weight excluding hydrogens is 544 g/mol. The molecule has 6 aromatic rings. The number of rotatable bonds is 4. The number of hydrogen-bond acceptors (Lipinski definition) is 1. The second-order valence-electron chi connectivity index (χ2n) is 12.2. The number of aromatic nitrogens is 2. The first-order chi connectivity index (χ1) is 22.3. The van der Waals surface area contributed by atoms with Crippen LogP contribution in [0.25, 0.3) is 66.4 Å². The van der Waals surface area contributed by atoms with E-state index in [1.807, 2.05) is 0 Å². The zero-order valence-corrected chi connectivity index (χ0v) is 25.0. The van der Waals surface area contributed by atoms with Gasteiger partial charge in [-0.3, -0.25) is 4.57 Å². The Hall–Kier alpha value is -5.47. The van der Waals surface area contributed by atoms with Crippen molar-refractivity contribution in [1.29, 1.82) is 0 Å². The highest BCUT2D eigenvalue weighted by Crippen LogP contribution is 2.44. The van der Waals surface area contributed by atoms with Gasteiger partial charge in [0.25, 0.3) is 0 Å². The van der Waals surface area contributed by atoms with Gasteiger partial charge >= 0.3 is 0 Å². The fourth-order valence-electron chi connectivity index (χ4n) is 7.42. The summed E-state index contributed by atoms with van der Waals surface area (Å²) >= 11 is 0. The first kappa shape index (κ1) is 26.0. The molecule has 0 spiro atoms. The highest BCUT2D eigenvalue weighted by Gasteiger charge is 2.22. The summed E-state index contributed by atoms with van der Waals surface area (Å²) in [7, 11) is 0. The number of imidazole rings is 1. The van der Waals surface area contributed by atoms with E-state index >= 15 is 0 Å². The van der Waals surface area contributed by atoms with Crippen molar-refractivity contribution in [1.82, 2.24) is 9.55 Å².